The van der Waals surface area contributed by atoms with Gasteiger partial charge in [0.05, 0.1) is 25.8 Å². The maximum absolute atomic E-state index is 14.5. The van der Waals surface area contributed by atoms with E-state index in [4.69, 9.17) is 15.2 Å². The van der Waals surface area contributed by atoms with Gasteiger partial charge in [-0.25, -0.2) is 18.4 Å². The van der Waals surface area contributed by atoms with Gasteiger partial charge in [-0.2, -0.15) is 0 Å². The van der Waals surface area contributed by atoms with Crippen molar-refractivity contribution in [3.05, 3.63) is 70.8 Å². The van der Waals surface area contributed by atoms with Crippen LogP contribution in [0.15, 0.2) is 42.5 Å². The number of halogens is 2. The summed E-state index contributed by atoms with van der Waals surface area (Å²) in [6.45, 7) is 3.33. The number of esters is 1. The standard InChI is InChI=1S/C24H25F2N2O4PS/c1-4-32-23(29)20-17(13-33-3)21(14-8-10-15(27)11-9-14)34-22(20)28(24(30)31-2)12-16-18(25)6-5-7-19(16)26/h5-11,33H,4,12-13,27H2,1-3H3. The van der Waals surface area contributed by atoms with E-state index in [0.29, 0.717) is 26.0 Å². The number of benzene rings is 2. The average Bonchev–Trinajstić information content (AvgIpc) is 3.18. The van der Waals surface area contributed by atoms with Gasteiger partial charge < -0.3 is 15.2 Å². The van der Waals surface area contributed by atoms with Crippen molar-refractivity contribution < 1.29 is 27.8 Å². The Morgan fingerprint density at radius 2 is 1.74 bits per heavy atom. The van der Waals surface area contributed by atoms with E-state index in [9.17, 15) is 18.4 Å². The molecule has 0 aliphatic rings. The SMILES string of the molecule is CCOC(=O)c1c(N(Cc2c(F)cccc2F)C(=O)OC)sc(-c2ccc(N)cc2)c1CPC. The molecular formula is C24H25F2N2O4PS. The van der Waals surface area contributed by atoms with Crippen LogP contribution < -0.4 is 10.6 Å². The van der Waals surface area contributed by atoms with E-state index in [2.05, 4.69) is 0 Å². The van der Waals surface area contributed by atoms with Crippen LogP contribution in [-0.2, 0) is 22.2 Å². The highest BCUT2D eigenvalue weighted by Gasteiger charge is 2.32. The van der Waals surface area contributed by atoms with E-state index in [0.717, 1.165) is 38.8 Å². The van der Waals surface area contributed by atoms with Gasteiger partial charge >= 0.3 is 12.1 Å². The molecule has 2 aromatic carbocycles. The van der Waals surface area contributed by atoms with Crippen LogP contribution in [0.1, 0.15) is 28.4 Å². The van der Waals surface area contributed by atoms with Crippen molar-refractivity contribution in [2.24, 2.45) is 0 Å². The molecular weight excluding hydrogens is 481 g/mol. The lowest BCUT2D eigenvalue weighted by atomic mass is 10.1. The summed E-state index contributed by atoms with van der Waals surface area (Å²) >= 11 is 1.16. The van der Waals surface area contributed by atoms with Gasteiger partial charge in [0.15, 0.2) is 0 Å². The summed E-state index contributed by atoms with van der Waals surface area (Å²) in [5, 5.41) is 0.202. The summed E-state index contributed by atoms with van der Waals surface area (Å²) in [6.07, 6.45) is -0.309. The van der Waals surface area contributed by atoms with Gasteiger partial charge in [-0.05, 0) is 55.1 Å². The Kier molecular flexibility index (Phi) is 8.58. The second-order valence-corrected chi connectivity index (χ2v) is 9.28. The average molecular weight is 507 g/mol. The molecule has 3 rings (SSSR count). The number of amides is 1. The van der Waals surface area contributed by atoms with Gasteiger partial charge in [0.25, 0.3) is 0 Å². The van der Waals surface area contributed by atoms with Gasteiger partial charge in [0.2, 0.25) is 0 Å². The minimum absolute atomic E-state index is 0.124. The van der Waals surface area contributed by atoms with Crippen LogP contribution in [0, 0.1) is 11.6 Å². The lowest BCUT2D eigenvalue weighted by Crippen LogP contribution is -2.31. The highest BCUT2D eigenvalue weighted by atomic mass is 32.1. The largest absolute Gasteiger partial charge is 0.462 e. The summed E-state index contributed by atoms with van der Waals surface area (Å²) in [7, 11) is 1.62. The number of rotatable bonds is 8. The van der Waals surface area contributed by atoms with Crippen LogP contribution in [0.25, 0.3) is 10.4 Å². The van der Waals surface area contributed by atoms with Crippen LogP contribution in [0.5, 0.6) is 0 Å². The molecule has 1 atom stereocenters. The van der Waals surface area contributed by atoms with E-state index in [1.165, 1.54) is 13.2 Å². The lowest BCUT2D eigenvalue weighted by molar-refractivity contribution is 0.0527. The fourth-order valence-corrected chi connectivity index (χ4v) is 5.58. The Morgan fingerprint density at radius 3 is 2.29 bits per heavy atom. The maximum atomic E-state index is 14.5. The van der Waals surface area contributed by atoms with E-state index in [1.807, 2.05) is 18.8 Å². The summed E-state index contributed by atoms with van der Waals surface area (Å²) in [5.74, 6) is -2.24. The molecule has 34 heavy (non-hydrogen) atoms. The third-order valence-corrected chi connectivity index (χ3v) is 7.02. The first-order valence-electron chi connectivity index (χ1n) is 10.4. The molecule has 0 saturated carbocycles. The quantitative estimate of drug-likeness (QED) is 0.229. The number of anilines is 2. The molecule has 6 nitrogen and oxygen atoms in total. The summed E-state index contributed by atoms with van der Waals surface area (Å²) in [5.41, 5.74) is 7.79. The second-order valence-electron chi connectivity index (χ2n) is 7.22. The summed E-state index contributed by atoms with van der Waals surface area (Å²) in [6, 6.07) is 10.6. The second kappa shape index (κ2) is 11.4. The predicted octanol–water partition coefficient (Wildman–Crippen LogP) is 6.03. The molecule has 0 fully saturated rings. The van der Waals surface area contributed by atoms with Crippen LogP contribution >= 0.6 is 19.9 Å². The molecule has 0 spiro atoms. The minimum atomic E-state index is -0.858. The number of thiophene rings is 1. The maximum Gasteiger partial charge on any atom is 0.414 e. The van der Waals surface area contributed by atoms with Gasteiger partial charge in [0.1, 0.15) is 16.6 Å². The van der Waals surface area contributed by atoms with Crippen molar-refractivity contribution >= 4 is 42.7 Å². The van der Waals surface area contributed by atoms with E-state index < -0.39 is 30.2 Å². The summed E-state index contributed by atoms with van der Waals surface area (Å²) in [4.78, 5) is 27.7. The molecule has 1 amide bonds. The third kappa shape index (κ3) is 5.37. The Morgan fingerprint density at radius 1 is 1.09 bits per heavy atom. The number of hydrogen-bond donors (Lipinski definition) is 1. The number of nitrogens with zero attached hydrogens (tertiary/aromatic N) is 1. The van der Waals surface area contributed by atoms with Gasteiger partial charge in [-0.1, -0.05) is 18.2 Å². The Labute approximate surface area is 202 Å². The van der Waals surface area contributed by atoms with Crippen molar-refractivity contribution in [1.29, 1.82) is 0 Å². The number of nitrogen functional groups attached to an aromatic ring is 1. The van der Waals surface area contributed by atoms with Crippen LogP contribution in [-0.4, -0.2) is 32.4 Å². The van der Waals surface area contributed by atoms with E-state index in [-0.39, 0.29) is 22.7 Å². The molecule has 1 heterocycles. The number of hydrogen-bond acceptors (Lipinski definition) is 6. The molecule has 0 bridgehead atoms. The topological polar surface area (TPSA) is 81.9 Å². The molecule has 1 unspecified atom stereocenters. The van der Waals surface area contributed by atoms with Crippen molar-refractivity contribution in [3.8, 4) is 10.4 Å². The van der Waals surface area contributed by atoms with Crippen molar-refractivity contribution in [3.63, 3.8) is 0 Å². The Hall–Kier alpha value is -3.03. The number of methoxy groups -OCH3 is 1. The first-order chi connectivity index (χ1) is 16.3. The molecule has 1 aromatic heterocycles. The number of carbonyl (C=O) groups is 2. The van der Waals surface area contributed by atoms with Crippen molar-refractivity contribution in [1.82, 2.24) is 0 Å². The molecule has 0 saturated heterocycles. The van der Waals surface area contributed by atoms with Crippen molar-refractivity contribution in [2.75, 3.05) is 31.0 Å². The lowest BCUT2D eigenvalue weighted by Gasteiger charge is -2.22. The van der Waals surface area contributed by atoms with Gasteiger partial charge in [0, 0.05) is 16.1 Å². The first-order valence-corrected chi connectivity index (χ1v) is 13.0. The van der Waals surface area contributed by atoms with Crippen LogP contribution in [0.3, 0.4) is 0 Å². The number of carbonyl (C=O) groups excluding carboxylic acids is 2. The predicted molar refractivity (Wildman–Crippen MR) is 133 cm³/mol. The fourth-order valence-electron chi connectivity index (χ4n) is 3.44. The molecule has 2 N–H and O–H groups in total. The van der Waals surface area contributed by atoms with Crippen molar-refractivity contribution in [2.45, 2.75) is 19.6 Å². The summed E-state index contributed by atoms with van der Waals surface area (Å²) < 4.78 is 39.2. The number of ether oxygens (including phenoxy) is 2. The van der Waals surface area contributed by atoms with E-state index >= 15 is 0 Å². The molecule has 10 heteroatoms. The zero-order chi connectivity index (χ0) is 24.8. The molecule has 3 aromatic rings. The molecule has 0 aliphatic carbocycles. The van der Waals surface area contributed by atoms with Crippen LogP contribution in [0.2, 0.25) is 0 Å². The zero-order valence-corrected chi connectivity index (χ0v) is 20.8. The zero-order valence-electron chi connectivity index (χ0n) is 19.0. The van der Waals surface area contributed by atoms with Gasteiger partial charge in [-0.15, -0.1) is 19.9 Å². The van der Waals surface area contributed by atoms with E-state index in [1.54, 1.807) is 19.1 Å². The minimum Gasteiger partial charge on any atom is -0.462 e. The fraction of sp³-hybridized carbons (Fsp3) is 0.250. The highest BCUT2D eigenvalue weighted by molar-refractivity contribution is 7.36. The third-order valence-electron chi connectivity index (χ3n) is 5.01. The molecule has 0 aliphatic heterocycles. The Balaban J connectivity index is 2.26. The first kappa shape index (κ1) is 25.6. The molecule has 0 radical (unpaired) electrons. The number of nitrogens with two attached hydrogens (primary N) is 1. The monoisotopic (exact) mass is 506 g/mol. The molecule has 180 valence electrons. The van der Waals surface area contributed by atoms with Crippen LogP contribution in [0.4, 0.5) is 24.3 Å². The Bertz CT molecular complexity index is 1160. The smallest absolute Gasteiger partial charge is 0.414 e. The normalized spacial score (nSPS) is 11.1. The highest BCUT2D eigenvalue weighted by Crippen LogP contribution is 2.45. The van der Waals surface area contributed by atoms with Gasteiger partial charge in [-0.3, -0.25) is 4.90 Å².